The Morgan fingerprint density at radius 3 is 1.71 bits per heavy atom. The molecule has 6 heteroatoms. The van der Waals surface area contributed by atoms with E-state index in [9.17, 15) is 32.9 Å². The fourth-order valence-electron chi connectivity index (χ4n) is 11.1. The molecule has 13 aromatic rings. The van der Waals surface area contributed by atoms with Crippen molar-refractivity contribution in [1.29, 1.82) is 0 Å². The van der Waals surface area contributed by atoms with E-state index in [4.69, 9.17) is 15.4 Å². The van der Waals surface area contributed by atoms with Crippen LogP contribution in [-0.2, 0) is 16.2 Å². The molecule has 0 fully saturated rings. The van der Waals surface area contributed by atoms with Gasteiger partial charge in [-0.05, 0) is 139 Å². The number of hydrogen-bond donors (Lipinski definition) is 0. The van der Waals surface area contributed by atoms with Crippen molar-refractivity contribution in [1.82, 2.24) is 9.13 Å². The Bertz CT molecular complexity index is 6590. The van der Waals surface area contributed by atoms with Crippen LogP contribution in [0.15, 0.2) is 198 Å². The van der Waals surface area contributed by atoms with Crippen LogP contribution in [-0.4, -0.2) is 15.8 Å². The minimum atomic E-state index is -2.05. The molecule has 0 amide bonds. The van der Waals surface area contributed by atoms with Crippen LogP contribution in [0.5, 0.6) is 0 Å². The molecule has 0 N–H and O–H groups in total. The lowest BCUT2D eigenvalue weighted by Gasteiger charge is -2.47. The predicted molar refractivity (Wildman–Crippen MR) is 332 cm³/mol. The lowest BCUT2D eigenvalue weighted by molar-refractivity contribution is 0.590. The normalized spacial score (nSPS) is 19.6. The number of hydrogen-bond acceptors (Lipinski definition) is 3. The smallest absolute Gasteiger partial charge is 0.252 e. The molecule has 6 heterocycles. The molecular weight excluding hydrogens is 948 g/mol. The number of nitrogens with zero attached hydrogens (tertiary/aromatic N) is 4. The SMILES string of the molecule is [2H]c1c([2H])c2c3c(c1[2H])-n1c4c([2H])c([2H])c([2H])c([2H])c4c4c([2H])c([2H])c([2H])c(c41)N3c1c([2H])c(C(C)(C)C)c([2H])c3c1B2c1c([2H])c([2H])c(-n2c4c([2H])c([2H])c(C(C)(C)C)c([2H])c4c4c([2H])c(C(C)(C)C)c([2H])c([2H])c42)c([2H])c1N3c1c([2H])c([2H])c(-c2c([2H])c([2H])c([2H])c3c2oc2c([2H])c([2H])c([2H])c([2H])c23)c([2H])c1[2H]. The van der Waals surface area contributed by atoms with E-state index in [0.717, 1.165) is 14.0 Å². The van der Waals surface area contributed by atoms with E-state index in [0.29, 0.717) is 0 Å². The summed E-state index contributed by atoms with van der Waals surface area (Å²) >= 11 is 0. The number of anilines is 6. The predicted octanol–water partition coefficient (Wildman–Crippen LogP) is 17.7. The summed E-state index contributed by atoms with van der Waals surface area (Å²) in [6.07, 6.45) is 0. The highest BCUT2D eigenvalue weighted by Crippen LogP contribution is 2.53. The van der Waals surface area contributed by atoms with Gasteiger partial charge in [-0.2, -0.15) is 0 Å². The highest BCUT2D eigenvalue weighted by molar-refractivity contribution is 7.00. The van der Waals surface area contributed by atoms with Crippen LogP contribution in [0.2, 0.25) is 0 Å². The van der Waals surface area contributed by atoms with Crippen LogP contribution >= 0.6 is 0 Å². The molecule has 10 aromatic carbocycles. The molecule has 0 atom stereocenters. The third kappa shape index (κ3) is 6.20. The highest BCUT2D eigenvalue weighted by atomic mass is 16.3. The summed E-state index contributed by atoms with van der Waals surface area (Å²) in [5.74, 6) is 0. The van der Waals surface area contributed by atoms with Gasteiger partial charge in [-0.3, -0.25) is 0 Å². The van der Waals surface area contributed by atoms with Gasteiger partial charge in [0.15, 0.2) is 0 Å². The Balaban J connectivity index is 1.17. The van der Waals surface area contributed by atoms with E-state index in [-0.39, 0.29) is 43.8 Å². The van der Waals surface area contributed by atoms with E-state index in [1.165, 1.54) is 4.90 Å². The van der Waals surface area contributed by atoms with Crippen LogP contribution in [0.4, 0.5) is 34.1 Å². The molecule has 5 nitrogen and oxygen atoms in total. The standard InChI is InChI=1S/C72H59BN4O/c1-70(2,3)43-29-35-58-53(37-43)54-38-44(71(4,5)6)30-36-59(54)75(58)47-33-34-55-62(41-47)74(46-31-27-42(28-32-46)48-19-14-21-52-50-18-11-13-26-65(50)78-69(48)52)63-39-45(72(7,8)9)40-64-66(63)73(55)56-22-16-25-61-68(56)77(64)60-24-15-20-51-49-17-10-12-23-57(49)76(61)67(51)60/h10-41H,1-9H3/i10D,11D,12D,13D,14D,15D,16D,17D,18D,19D,20D,21D,22D,23D,24D,25D,26D,27D,28D,29D,30D,31D,32D,33D,34D,35D,36D,37D,38D,39D,40D,41D. The summed E-state index contributed by atoms with van der Waals surface area (Å²) in [5.41, 5.74) is -14.8. The number of benzene rings is 10. The Morgan fingerprint density at radius 1 is 0.397 bits per heavy atom. The summed E-state index contributed by atoms with van der Waals surface area (Å²) in [6, 6.07) is -26.0. The fourth-order valence-corrected chi connectivity index (χ4v) is 11.1. The zero-order valence-corrected chi connectivity index (χ0v) is 43.3. The maximum absolute atomic E-state index is 11.2. The van der Waals surface area contributed by atoms with Crippen molar-refractivity contribution in [3.8, 4) is 22.5 Å². The molecule has 0 spiro atoms. The van der Waals surface area contributed by atoms with Gasteiger partial charge in [0.05, 0.1) is 83.0 Å². The minimum Gasteiger partial charge on any atom is -0.455 e. The molecule has 3 aliphatic rings. The molecule has 0 aliphatic carbocycles. The first-order chi connectivity index (χ1) is 51.0. The Kier molecular flexibility index (Phi) is 4.74. The van der Waals surface area contributed by atoms with Crippen molar-refractivity contribution in [2.75, 3.05) is 9.80 Å². The molecular formula is C72H59BN4O. The van der Waals surface area contributed by atoms with Gasteiger partial charge < -0.3 is 23.4 Å². The lowest BCUT2D eigenvalue weighted by Crippen LogP contribution is -2.62. The molecule has 16 rings (SSSR count). The number of furan rings is 1. The second kappa shape index (κ2) is 15.5. The summed E-state index contributed by atoms with van der Waals surface area (Å²) < 4.78 is 323. The summed E-state index contributed by atoms with van der Waals surface area (Å²) in [4.78, 5) is 2.04. The van der Waals surface area contributed by atoms with Crippen molar-refractivity contribution < 1.29 is 48.3 Å². The zero-order valence-electron chi connectivity index (χ0n) is 75.3. The van der Waals surface area contributed by atoms with E-state index < -0.39 is 328 Å². The summed E-state index contributed by atoms with van der Waals surface area (Å²) in [5, 5.41) is -2.14. The van der Waals surface area contributed by atoms with Crippen molar-refractivity contribution in [3.63, 3.8) is 0 Å². The molecule has 376 valence electrons. The molecule has 78 heavy (non-hydrogen) atoms. The largest absolute Gasteiger partial charge is 0.455 e. The molecule has 0 unspecified atom stereocenters. The van der Waals surface area contributed by atoms with Gasteiger partial charge in [-0.25, -0.2) is 0 Å². The third-order valence-corrected chi connectivity index (χ3v) is 14.8. The minimum absolute atomic E-state index is 0.00569. The van der Waals surface area contributed by atoms with Crippen LogP contribution in [0.25, 0.3) is 88.1 Å². The number of fused-ring (bicyclic) bond motifs is 15. The monoisotopic (exact) mass is 1040 g/mol. The fraction of sp³-hybridized carbons (Fsp3) is 0.167. The first-order valence-corrected chi connectivity index (χ1v) is 25.2. The maximum atomic E-state index is 11.2. The van der Waals surface area contributed by atoms with E-state index in [1.54, 1.807) is 62.3 Å². The van der Waals surface area contributed by atoms with Crippen LogP contribution in [0, 0.1) is 0 Å². The molecule has 0 bridgehead atoms. The van der Waals surface area contributed by atoms with Crippen LogP contribution in [0.1, 0.15) is 123 Å². The number of rotatable bonds is 3. The van der Waals surface area contributed by atoms with Crippen LogP contribution in [0.3, 0.4) is 0 Å². The van der Waals surface area contributed by atoms with Gasteiger partial charge in [0, 0.05) is 66.3 Å². The van der Waals surface area contributed by atoms with Gasteiger partial charge in [0.1, 0.15) is 11.2 Å². The third-order valence-electron chi connectivity index (χ3n) is 14.8. The van der Waals surface area contributed by atoms with Gasteiger partial charge in [-0.1, -0.05) is 171 Å². The van der Waals surface area contributed by atoms with Gasteiger partial charge in [-0.15, -0.1) is 0 Å². The van der Waals surface area contributed by atoms with Crippen molar-refractivity contribution in [2.24, 2.45) is 0 Å². The second-order valence-corrected chi connectivity index (χ2v) is 22.8. The molecule has 3 aromatic heterocycles. The number of para-hydroxylation sites is 5. The molecule has 0 radical (unpaired) electrons. The average molecular weight is 1040 g/mol. The van der Waals surface area contributed by atoms with Crippen LogP contribution < -0.4 is 26.2 Å². The van der Waals surface area contributed by atoms with E-state index >= 15 is 0 Å². The topological polar surface area (TPSA) is 29.5 Å². The van der Waals surface area contributed by atoms with Gasteiger partial charge in [0.2, 0.25) is 0 Å². The zero-order chi connectivity index (χ0) is 80.7. The Hall–Kier alpha value is -8.74. The Morgan fingerprint density at radius 2 is 0.987 bits per heavy atom. The van der Waals surface area contributed by atoms with E-state index in [2.05, 4.69) is 0 Å². The highest BCUT2D eigenvalue weighted by Gasteiger charge is 2.47. The van der Waals surface area contributed by atoms with Gasteiger partial charge in [0.25, 0.3) is 6.71 Å². The second-order valence-electron chi connectivity index (χ2n) is 22.8. The van der Waals surface area contributed by atoms with Gasteiger partial charge >= 0.3 is 0 Å². The first-order valence-electron chi connectivity index (χ1n) is 41.2. The summed E-state index contributed by atoms with van der Waals surface area (Å²) in [7, 11) is 0. The molecule has 3 aliphatic heterocycles. The summed E-state index contributed by atoms with van der Waals surface area (Å²) in [6.45, 7) is 12.8. The number of aromatic nitrogens is 2. The first kappa shape index (κ1) is 23.9. The van der Waals surface area contributed by atoms with Crippen molar-refractivity contribution in [2.45, 2.75) is 78.6 Å². The van der Waals surface area contributed by atoms with Crippen molar-refractivity contribution >= 4 is 123 Å². The van der Waals surface area contributed by atoms with E-state index in [1.807, 2.05) is 0 Å². The molecule has 0 saturated carbocycles. The lowest BCUT2D eigenvalue weighted by atomic mass is 9.33. The average Bonchev–Trinajstić information content (AvgIpc) is 1.16. The van der Waals surface area contributed by atoms with Crippen molar-refractivity contribution in [3.05, 3.63) is 210 Å². The molecule has 0 saturated heterocycles. The maximum Gasteiger partial charge on any atom is 0.252 e. The Labute approximate surface area is 500 Å². The quantitative estimate of drug-likeness (QED) is 0.165.